The summed E-state index contributed by atoms with van der Waals surface area (Å²) in [5.74, 6) is 0.183. The van der Waals surface area contributed by atoms with Crippen molar-refractivity contribution in [2.75, 3.05) is 26.2 Å². The standard InChI is InChI=1S/C17H33N3O/c1-5-16(3,4)19-15(21)14(2)20-11-7-9-17(13-20)8-6-10-18-12-17/h14,18H,5-13H2,1-4H3,(H,19,21). The van der Waals surface area contributed by atoms with Gasteiger partial charge in [-0.3, -0.25) is 9.69 Å². The van der Waals surface area contributed by atoms with Crippen LogP contribution in [0.25, 0.3) is 0 Å². The lowest BCUT2D eigenvalue weighted by Crippen LogP contribution is -2.57. The number of hydrogen-bond acceptors (Lipinski definition) is 3. The number of nitrogens with one attached hydrogen (secondary N) is 2. The number of carbonyl (C=O) groups is 1. The summed E-state index contributed by atoms with van der Waals surface area (Å²) in [5, 5.41) is 6.75. The monoisotopic (exact) mass is 295 g/mol. The van der Waals surface area contributed by atoms with E-state index in [1.807, 2.05) is 0 Å². The number of rotatable bonds is 4. The first-order valence-corrected chi connectivity index (χ1v) is 8.64. The lowest BCUT2D eigenvalue weighted by Gasteiger charge is -2.47. The summed E-state index contributed by atoms with van der Waals surface area (Å²) < 4.78 is 0. The molecule has 2 aliphatic rings. The molecule has 21 heavy (non-hydrogen) atoms. The second-order valence-electron chi connectivity index (χ2n) is 7.76. The summed E-state index contributed by atoms with van der Waals surface area (Å²) in [5.41, 5.74) is 0.302. The summed E-state index contributed by atoms with van der Waals surface area (Å²) >= 11 is 0. The molecule has 2 unspecified atom stereocenters. The Kier molecular flexibility index (Phi) is 5.31. The Bertz CT molecular complexity index is 356. The number of amides is 1. The molecule has 4 nitrogen and oxygen atoms in total. The van der Waals surface area contributed by atoms with Crippen molar-refractivity contribution in [1.82, 2.24) is 15.5 Å². The minimum absolute atomic E-state index is 0.0186. The van der Waals surface area contributed by atoms with E-state index in [1.54, 1.807) is 0 Å². The predicted octanol–water partition coefficient (Wildman–Crippen LogP) is 2.15. The third-order valence-electron chi connectivity index (χ3n) is 5.52. The predicted molar refractivity (Wildman–Crippen MR) is 87.3 cm³/mol. The van der Waals surface area contributed by atoms with Crippen LogP contribution in [0.15, 0.2) is 0 Å². The molecule has 1 spiro atoms. The maximum atomic E-state index is 12.5. The maximum Gasteiger partial charge on any atom is 0.237 e. The third kappa shape index (κ3) is 4.19. The SMILES string of the molecule is CCC(C)(C)NC(=O)C(C)N1CCCC2(CCCNC2)C1. The van der Waals surface area contributed by atoms with Crippen LogP contribution in [-0.4, -0.2) is 48.6 Å². The van der Waals surface area contributed by atoms with Gasteiger partial charge in [-0.1, -0.05) is 6.92 Å². The average Bonchev–Trinajstić information content (AvgIpc) is 2.47. The molecule has 2 saturated heterocycles. The average molecular weight is 295 g/mol. The lowest BCUT2D eigenvalue weighted by molar-refractivity contribution is -0.129. The largest absolute Gasteiger partial charge is 0.350 e. The zero-order chi connectivity index (χ0) is 15.5. The van der Waals surface area contributed by atoms with E-state index in [2.05, 4.69) is 43.2 Å². The van der Waals surface area contributed by atoms with Crippen molar-refractivity contribution in [3.8, 4) is 0 Å². The van der Waals surface area contributed by atoms with Gasteiger partial charge in [-0.25, -0.2) is 0 Å². The molecule has 4 heteroatoms. The van der Waals surface area contributed by atoms with Crippen molar-refractivity contribution in [2.24, 2.45) is 5.41 Å². The van der Waals surface area contributed by atoms with Crippen molar-refractivity contribution >= 4 is 5.91 Å². The summed E-state index contributed by atoms with van der Waals surface area (Å²) in [6.45, 7) is 12.8. The number of nitrogens with zero attached hydrogens (tertiary/aromatic N) is 1. The molecule has 2 rings (SSSR count). The van der Waals surface area contributed by atoms with Crippen LogP contribution in [-0.2, 0) is 4.79 Å². The topological polar surface area (TPSA) is 44.4 Å². The molecule has 2 fully saturated rings. The van der Waals surface area contributed by atoms with Crippen LogP contribution in [0.1, 0.15) is 59.8 Å². The second-order valence-corrected chi connectivity index (χ2v) is 7.76. The highest BCUT2D eigenvalue weighted by molar-refractivity contribution is 5.82. The quantitative estimate of drug-likeness (QED) is 0.835. The first-order chi connectivity index (χ1) is 9.87. The molecule has 1 amide bonds. The molecule has 2 heterocycles. The first kappa shape index (κ1) is 16.8. The molecule has 122 valence electrons. The van der Waals surface area contributed by atoms with Gasteiger partial charge in [0.25, 0.3) is 0 Å². The molecular weight excluding hydrogens is 262 g/mol. The van der Waals surface area contributed by atoms with Gasteiger partial charge < -0.3 is 10.6 Å². The fourth-order valence-corrected chi connectivity index (χ4v) is 3.65. The van der Waals surface area contributed by atoms with Gasteiger partial charge in [0.05, 0.1) is 6.04 Å². The van der Waals surface area contributed by atoms with E-state index in [0.717, 1.165) is 32.6 Å². The fourth-order valence-electron chi connectivity index (χ4n) is 3.65. The molecule has 2 aliphatic heterocycles. The molecule has 0 aromatic carbocycles. The van der Waals surface area contributed by atoms with Gasteiger partial charge in [0.1, 0.15) is 0 Å². The molecule has 2 N–H and O–H groups in total. The molecular formula is C17H33N3O. The molecule has 0 aromatic rings. The molecule has 0 radical (unpaired) electrons. The van der Waals surface area contributed by atoms with Crippen LogP contribution in [0.4, 0.5) is 0 Å². The fraction of sp³-hybridized carbons (Fsp3) is 0.941. The van der Waals surface area contributed by atoms with Gasteiger partial charge in [0.15, 0.2) is 0 Å². The van der Waals surface area contributed by atoms with Crippen molar-refractivity contribution in [2.45, 2.75) is 71.4 Å². The van der Waals surface area contributed by atoms with E-state index in [-0.39, 0.29) is 17.5 Å². The number of hydrogen-bond donors (Lipinski definition) is 2. The van der Waals surface area contributed by atoms with Gasteiger partial charge in [-0.05, 0) is 71.4 Å². The zero-order valence-electron chi connectivity index (χ0n) is 14.3. The minimum Gasteiger partial charge on any atom is -0.350 e. The Hall–Kier alpha value is -0.610. The number of piperidine rings is 2. The van der Waals surface area contributed by atoms with Crippen LogP contribution in [0.3, 0.4) is 0 Å². The van der Waals surface area contributed by atoms with Crippen molar-refractivity contribution in [3.63, 3.8) is 0 Å². The second kappa shape index (κ2) is 6.66. The van der Waals surface area contributed by atoms with E-state index >= 15 is 0 Å². The molecule has 0 aromatic heterocycles. The van der Waals surface area contributed by atoms with E-state index in [0.29, 0.717) is 5.41 Å². The van der Waals surface area contributed by atoms with E-state index in [4.69, 9.17) is 0 Å². The first-order valence-electron chi connectivity index (χ1n) is 8.64. The van der Waals surface area contributed by atoms with Gasteiger partial charge in [-0.15, -0.1) is 0 Å². The van der Waals surface area contributed by atoms with Gasteiger partial charge in [0.2, 0.25) is 5.91 Å². The minimum atomic E-state index is -0.106. The van der Waals surface area contributed by atoms with Crippen LogP contribution in [0.5, 0.6) is 0 Å². The molecule has 0 bridgehead atoms. The van der Waals surface area contributed by atoms with Crippen molar-refractivity contribution < 1.29 is 4.79 Å². The van der Waals surface area contributed by atoms with Gasteiger partial charge in [-0.2, -0.15) is 0 Å². The van der Waals surface area contributed by atoms with Crippen LogP contribution < -0.4 is 10.6 Å². The summed E-state index contributed by atoms with van der Waals surface area (Å²) in [6, 6.07) is -0.0186. The lowest BCUT2D eigenvalue weighted by atomic mass is 9.74. The highest BCUT2D eigenvalue weighted by Gasteiger charge is 2.39. The highest BCUT2D eigenvalue weighted by atomic mass is 16.2. The van der Waals surface area contributed by atoms with Crippen molar-refractivity contribution in [3.05, 3.63) is 0 Å². The van der Waals surface area contributed by atoms with Crippen LogP contribution in [0.2, 0.25) is 0 Å². The Balaban J connectivity index is 1.95. The normalized spacial score (nSPS) is 29.3. The van der Waals surface area contributed by atoms with Gasteiger partial charge in [0, 0.05) is 18.6 Å². The number of carbonyl (C=O) groups excluding carboxylic acids is 1. The zero-order valence-corrected chi connectivity index (χ0v) is 14.3. The summed E-state index contributed by atoms with van der Waals surface area (Å²) in [4.78, 5) is 14.9. The Morgan fingerprint density at radius 1 is 1.38 bits per heavy atom. The molecule has 0 aliphatic carbocycles. The van der Waals surface area contributed by atoms with E-state index in [1.165, 1.54) is 25.7 Å². The summed E-state index contributed by atoms with van der Waals surface area (Å²) in [6.07, 6.45) is 6.07. The third-order valence-corrected chi connectivity index (χ3v) is 5.52. The molecule has 0 saturated carbocycles. The Morgan fingerprint density at radius 3 is 2.71 bits per heavy atom. The summed E-state index contributed by atoms with van der Waals surface area (Å²) in [7, 11) is 0. The van der Waals surface area contributed by atoms with Crippen molar-refractivity contribution in [1.29, 1.82) is 0 Å². The smallest absolute Gasteiger partial charge is 0.237 e. The van der Waals surface area contributed by atoms with Crippen LogP contribution in [0, 0.1) is 5.41 Å². The van der Waals surface area contributed by atoms with Crippen LogP contribution >= 0.6 is 0 Å². The van der Waals surface area contributed by atoms with Gasteiger partial charge >= 0.3 is 0 Å². The Labute approximate surface area is 130 Å². The van der Waals surface area contributed by atoms with E-state index in [9.17, 15) is 4.79 Å². The molecule has 2 atom stereocenters. The van der Waals surface area contributed by atoms with E-state index < -0.39 is 0 Å². The number of likely N-dealkylation sites (tertiary alicyclic amines) is 1. The Morgan fingerprint density at radius 2 is 2.10 bits per heavy atom. The maximum absolute atomic E-state index is 12.5. The highest BCUT2D eigenvalue weighted by Crippen LogP contribution is 2.36.